The van der Waals surface area contributed by atoms with Crippen LogP contribution in [0.15, 0.2) is 6.07 Å². The minimum absolute atomic E-state index is 0.0833. The van der Waals surface area contributed by atoms with E-state index in [9.17, 15) is 10.2 Å². The SMILES string of the molecule is COc1nc(Cl)cc(N[C@H]2CO[C@H](CO)[C@H](O)[C@@H]2O)n1. The fourth-order valence-corrected chi connectivity index (χ4v) is 2.10. The summed E-state index contributed by atoms with van der Waals surface area (Å²) in [5, 5.41) is 31.8. The molecular formula is C11H16ClN3O5. The number of aromatic nitrogens is 2. The number of hydrogen-bond donors (Lipinski definition) is 4. The van der Waals surface area contributed by atoms with E-state index in [1.165, 1.54) is 13.2 Å². The Labute approximate surface area is 120 Å². The van der Waals surface area contributed by atoms with Crippen LogP contribution in [0.1, 0.15) is 0 Å². The Kier molecular flexibility index (Phi) is 4.95. The number of nitrogens with one attached hydrogen (secondary N) is 1. The first-order chi connectivity index (χ1) is 9.55. The number of anilines is 1. The topological polar surface area (TPSA) is 117 Å². The number of rotatable bonds is 4. The van der Waals surface area contributed by atoms with Gasteiger partial charge >= 0.3 is 6.01 Å². The molecule has 1 aromatic rings. The fourth-order valence-electron chi connectivity index (χ4n) is 1.92. The summed E-state index contributed by atoms with van der Waals surface area (Å²) in [5.41, 5.74) is 0. The molecule has 0 spiro atoms. The lowest BCUT2D eigenvalue weighted by Crippen LogP contribution is -2.56. The van der Waals surface area contributed by atoms with Gasteiger partial charge in [-0.15, -0.1) is 0 Å². The van der Waals surface area contributed by atoms with Crippen molar-refractivity contribution in [2.24, 2.45) is 0 Å². The van der Waals surface area contributed by atoms with Crippen molar-refractivity contribution in [3.8, 4) is 6.01 Å². The average Bonchev–Trinajstić information content (AvgIpc) is 2.43. The lowest BCUT2D eigenvalue weighted by Gasteiger charge is -2.37. The maximum absolute atomic E-state index is 9.98. The quantitative estimate of drug-likeness (QED) is 0.525. The standard InChI is InChI=1S/C11H16ClN3O5/c1-19-11-14-7(12)2-8(15-11)13-5-4-20-6(3-16)10(18)9(5)17/h2,5-6,9-10,16-18H,3-4H2,1H3,(H,13,14,15)/t5-,6+,9+,10-/m0/s1. The summed E-state index contributed by atoms with van der Waals surface area (Å²) >= 11 is 5.81. The first kappa shape index (κ1) is 15.2. The van der Waals surface area contributed by atoms with Gasteiger partial charge in [-0.3, -0.25) is 0 Å². The first-order valence-electron chi connectivity index (χ1n) is 5.99. The van der Waals surface area contributed by atoms with Gasteiger partial charge in [-0.25, -0.2) is 0 Å². The Morgan fingerprint density at radius 1 is 1.45 bits per heavy atom. The second-order valence-electron chi connectivity index (χ2n) is 4.35. The van der Waals surface area contributed by atoms with Crippen molar-refractivity contribution in [2.45, 2.75) is 24.4 Å². The Bertz CT molecular complexity index is 464. The smallest absolute Gasteiger partial charge is 0.319 e. The van der Waals surface area contributed by atoms with Crippen LogP contribution in [0.5, 0.6) is 6.01 Å². The van der Waals surface area contributed by atoms with Gasteiger partial charge in [-0.1, -0.05) is 11.6 Å². The zero-order valence-electron chi connectivity index (χ0n) is 10.7. The highest BCUT2D eigenvalue weighted by Gasteiger charge is 2.38. The zero-order chi connectivity index (χ0) is 14.7. The summed E-state index contributed by atoms with van der Waals surface area (Å²) in [6, 6.07) is 0.949. The molecule has 9 heteroatoms. The second-order valence-corrected chi connectivity index (χ2v) is 4.74. The third-order valence-electron chi connectivity index (χ3n) is 3.00. The number of aliphatic hydroxyl groups is 3. The van der Waals surface area contributed by atoms with Gasteiger partial charge in [0.15, 0.2) is 0 Å². The molecule has 1 aliphatic heterocycles. The molecule has 1 aromatic heterocycles. The van der Waals surface area contributed by atoms with Crippen LogP contribution in [-0.4, -0.2) is 70.0 Å². The number of halogens is 1. The van der Waals surface area contributed by atoms with E-state index < -0.39 is 24.4 Å². The van der Waals surface area contributed by atoms with Gasteiger partial charge in [0, 0.05) is 6.07 Å². The Morgan fingerprint density at radius 3 is 2.85 bits per heavy atom. The second kappa shape index (κ2) is 6.51. The highest BCUT2D eigenvalue weighted by Crippen LogP contribution is 2.21. The van der Waals surface area contributed by atoms with Crippen LogP contribution in [0.2, 0.25) is 5.15 Å². The molecule has 1 fully saturated rings. The zero-order valence-corrected chi connectivity index (χ0v) is 11.5. The predicted octanol–water partition coefficient (Wildman–Crippen LogP) is -0.968. The van der Waals surface area contributed by atoms with Gasteiger partial charge in [-0.2, -0.15) is 9.97 Å². The molecular weight excluding hydrogens is 290 g/mol. The van der Waals surface area contributed by atoms with Crippen LogP contribution in [0, 0.1) is 0 Å². The molecule has 0 bridgehead atoms. The molecule has 2 rings (SSSR count). The van der Waals surface area contributed by atoms with Crippen LogP contribution < -0.4 is 10.1 Å². The molecule has 0 aromatic carbocycles. The van der Waals surface area contributed by atoms with E-state index in [2.05, 4.69) is 15.3 Å². The van der Waals surface area contributed by atoms with Gasteiger partial charge in [-0.05, 0) is 0 Å². The molecule has 2 heterocycles. The maximum Gasteiger partial charge on any atom is 0.319 e. The highest BCUT2D eigenvalue weighted by molar-refractivity contribution is 6.29. The minimum atomic E-state index is -1.19. The van der Waals surface area contributed by atoms with Crippen molar-refractivity contribution >= 4 is 17.4 Å². The molecule has 0 aliphatic carbocycles. The third-order valence-corrected chi connectivity index (χ3v) is 3.20. The normalized spacial score (nSPS) is 30.1. The van der Waals surface area contributed by atoms with Gasteiger partial charge in [0.25, 0.3) is 0 Å². The first-order valence-corrected chi connectivity index (χ1v) is 6.36. The van der Waals surface area contributed by atoms with Crippen LogP contribution >= 0.6 is 11.6 Å². The van der Waals surface area contributed by atoms with E-state index >= 15 is 0 Å². The largest absolute Gasteiger partial charge is 0.467 e. The van der Waals surface area contributed by atoms with Crippen LogP contribution in [-0.2, 0) is 4.74 Å². The number of methoxy groups -OCH3 is 1. The van der Waals surface area contributed by atoms with E-state index in [4.69, 9.17) is 26.2 Å². The van der Waals surface area contributed by atoms with Crippen molar-refractivity contribution in [3.05, 3.63) is 11.2 Å². The van der Waals surface area contributed by atoms with E-state index in [0.29, 0.717) is 5.82 Å². The van der Waals surface area contributed by atoms with Crippen molar-refractivity contribution in [1.29, 1.82) is 0 Å². The fraction of sp³-hybridized carbons (Fsp3) is 0.636. The summed E-state index contributed by atoms with van der Waals surface area (Å²) in [7, 11) is 1.41. The average molecular weight is 306 g/mol. The molecule has 4 atom stereocenters. The maximum atomic E-state index is 9.98. The molecule has 1 aliphatic rings. The van der Waals surface area contributed by atoms with E-state index in [0.717, 1.165) is 0 Å². The predicted molar refractivity (Wildman–Crippen MR) is 69.8 cm³/mol. The summed E-state index contributed by atoms with van der Waals surface area (Å²) in [4.78, 5) is 7.84. The van der Waals surface area contributed by atoms with Crippen molar-refractivity contribution < 1.29 is 24.8 Å². The lowest BCUT2D eigenvalue weighted by molar-refractivity contribution is -0.152. The number of hydrogen-bond acceptors (Lipinski definition) is 8. The Morgan fingerprint density at radius 2 is 2.20 bits per heavy atom. The van der Waals surface area contributed by atoms with Gasteiger partial charge in [0.2, 0.25) is 0 Å². The number of aliphatic hydroxyl groups excluding tert-OH is 3. The van der Waals surface area contributed by atoms with Crippen LogP contribution in [0.25, 0.3) is 0 Å². The monoisotopic (exact) mass is 305 g/mol. The summed E-state index contributed by atoms with van der Waals surface area (Å²) < 4.78 is 10.1. The van der Waals surface area contributed by atoms with Gasteiger partial charge in [0.1, 0.15) is 29.3 Å². The molecule has 8 nitrogen and oxygen atoms in total. The van der Waals surface area contributed by atoms with Crippen LogP contribution in [0.3, 0.4) is 0 Å². The van der Waals surface area contributed by atoms with E-state index in [-0.39, 0.29) is 24.4 Å². The Balaban J connectivity index is 2.08. The molecule has 0 radical (unpaired) electrons. The minimum Gasteiger partial charge on any atom is -0.467 e. The number of ether oxygens (including phenoxy) is 2. The molecule has 112 valence electrons. The van der Waals surface area contributed by atoms with Crippen molar-refractivity contribution in [3.63, 3.8) is 0 Å². The highest BCUT2D eigenvalue weighted by atomic mass is 35.5. The van der Waals surface area contributed by atoms with Gasteiger partial charge in [0.05, 0.1) is 26.4 Å². The number of nitrogens with zero attached hydrogens (tertiary/aromatic N) is 2. The third kappa shape index (κ3) is 3.28. The van der Waals surface area contributed by atoms with E-state index in [1.54, 1.807) is 0 Å². The summed E-state index contributed by atoms with van der Waals surface area (Å²) in [6.07, 6.45) is -3.10. The van der Waals surface area contributed by atoms with Crippen molar-refractivity contribution in [2.75, 3.05) is 25.6 Å². The molecule has 0 amide bonds. The molecule has 0 saturated carbocycles. The van der Waals surface area contributed by atoms with Crippen molar-refractivity contribution in [1.82, 2.24) is 9.97 Å². The molecule has 20 heavy (non-hydrogen) atoms. The summed E-state index contributed by atoms with van der Waals surface area (Å²) in [5.74, 6) is 0.337. The van der Waals surface area contributed by atoms with Gasteiger partial charge < -0.3 is 30.1 Å². The molecule has 1 saturated heterocycles. The molecule has 0 unspecified atom stereocenters. The Hall–Kier alpha value is -1.19. The molecule has 4 N–H and O–H groups in total. The summed E-state index contributed by atoms with van der Waals surface area (Å²) in [6.45, 7) is -0.258. The van der Waals surface area contributed by atoms with Crippen LogP contribution in [0.4, 0.5) is 5.82 Å². The van der Waals surface area contributed by atoms with E-state index in [1.807, 2.05) is 0 Å². The lowest BCUT2D eigenvalue weighted by atomic mass is 9.98.